The highest BCUT2D eigenvalue weighted by Crippen LogP contribution is 2.40. The molecule has 3 aromatic rings. The van der Waals surface area contributed by atoms with Crippen molar-refractivity contribution >= 4 is 62.2 Å². The number of rotatable bonds is 8. The normalized spacial score (nSPS) is 17.6. The summed E-state index contributed by atoms with van der Waals surface area (Å²) < 4.78 is 37.6. The summed E-state index contributed by atoms with van der Waals surface area (Å²) in [5, 5.41) is 6.78. The number of nitrogens with zero attached hydrogens (tertiary/aromatic N) is 6. The van der Waals surface area contributed by atoms with E-state index in [1.807, 2.05) is 56.0 Å². The molecule has 1 amide bonds. The maximum Gasteiger partial charge on any atom is 0.410 e. The summed E-state index contributed by atoms with van der Waals surface area (Å²) in [7, 11) is -1.81. The molecule has 2 fully saturated rings. The largest absolute Gasteiger partial charge is 0.494 e. The van der Waals surface area contributed by atoms with Crippen LogP contribution in [0.15, 0.2) is 42.6 Å². The maximum atomic E-state index is 12.5. The van der Waals surface area contributed by atoms with Gasteiger partial charge in [-0.3, -0.25) is 9.21 Å². The Kier molecular flexibility index (Phi) is 10.0. The number of carbonyl (C=O) groups is 1. The molecular formula is C34H45ClN8O5S. The Morgan fingerprint density at radius 3 is 2.39 bits per heavy atom. The van der Waals surface area contributed by atoms with Crippen molar-refractivity contribution in [3.8, 4) is 5.75 Å². The smallest absolute Gasteiger partial charge is 0.410 e. The van der Waals surface area contributed by atoms with Gasteiger partial charge in [0, 0.05) is 63.6 Å². The molecule has 4 heterocycles. The third-order valence-electron chi connectivity index (χ3n) is 9.09. The van der Waals surface area contributed by atoms with Gasteiger partial charge in [-0.25, -0.2) is 18.2 Å². The third-order valence-corrected chi connectivity index (χ3v) is 10.5. The van der Waals surface area contributed by atoms with E-state index in [4.69, 9.17) is 21.1 Å². The number of carbonyl (C=O) groups excluding carboxylic acids is 1. The average molecular weight is 713 g/mol. The molecule has 0 aliphatic carbocycles. The van der Waals surface area contributed by atoms with Crippen LogP contribution < -0.4 is 24.6 Å². The van der Waals surface area contributed by atoms with Crippen LogP contribution in [0.2, 0.25) is 5.02 Å². The lowest BCUT2D eigenvalue weighted by Gasteiger charge is -2.43. The van der Waals surface area contributed by atoms with Crippen molar-refractivity contribution in [3.63, 3.8) is 0 Å². The van der Waals surface area contributed by atoms with Crippen molar-refractivity contribution in [1.29, 1.82) is 0 Å². The Bertz CT molecular complexity index is 1790. The molecule has 1 aromatic heterocycles. The molecule has 0 radical (unpaired) electrons. The first-order valence-electron chi connectivity index (χ1n) is 16.6. The Morgan fingerprint density at radius 1 is 0.980 bits per heavy atom. The van der Waals surface area contributed by atoms with Gasteiger partial charge in [0.05, 0.1) is 36.6 Å². The molecule has 15 heteroatoms. The van der Waals surface area contributed by atoms with Gasteiger partial charge in [0.25, 0.3) is 0 Å². The Labute approximate surface area is 293 Å². The van der Waals surface area contributed by atoms with E-state index in [1.54, 1.807) is 7.11 Å². The fourth-order valence-corrected chi connectivity index (χ4v) is 7.79. The monoisotopic (exact) mass is 712 g/mol. The van der Waals surface area contributed by atoms with Crippen molar-refractivity contribution in [2.75, 3.05) is 79.0 Å². The van der Waals surface area contributed by atoms with Gasteiger partial charge in [0.15, 0.2) is 5.82 Å². The van der Waals surface area contributed by atoms with Crippen molar-refractivity contribution in [3.05, 3.63) is 53.2 Å². The number of fused-ring (bicyclic) bond motifs is 1. The van der Waals surface area contributed by atoms with E-state index in [9.17, 15) is 13.2 Å². The van der Waals surface area contributed by atoms with Crippen molar-refractivity contribution in [2.24, 2.45) is 0 Å². The lowest BCUT2D eigenvalue weighted by Crippen LogP contribution is -2.55. The molecule has 49 heavy (non-hydrogen) atoms. The fraction of sp³-hybridized carbons (Fsp3) is 0.500. The summed E-state index contributed by atoms with van der Waals surface area (Å²) in [5.41, 5.74) is 3.42. The van der Waals surface area contributed by atoms with Crippen molar-refractivity contribution in [2.45, 2.75) is 51.7 Å². The number of piperazine rings is 1. The van der Waals surface area contributed by atoms with Gasteiger partial charge in [-0.2, -0.15) is 4.98 Å². The maximum absolute atomic E-state index is 12.5. The molecule has 6 rings (SSSR count). The molecular weight excluding hydrogens is 668 g/mol. The predicted molar refractivity (Wildman–Crippen MR) is 194 cm³/mol. The van der Waals surface area contributed by atoms with Crippen LogP contribution in [0, 0.1) is 0 Å². The second kappa shape index (κ2) is 14.1. The van der Waals surface area contributed by atoms with Gasteiger partial charge in [-0.15, -0.1) is 0 Å². The second-order valence-electron chi connectivity index (χ2n) is 13.6. The number of para-hydroxylation sites is 1. The van der Waals surface area contributed by atoms with E-state index >= 15 is 0 Å². The predicted octanol–water partition coefficient (Wildman–Crippen LogP) is 5.47. The lowest BCUT2D eigenvalue weighted by atomic mass is 10.0. The van der Waals surface area contributed by atoms with E-state index in [1.165, 1.54) is 16.8 Å². The van der Waals surface area contributed by atoms with Crippen LogP contribution in [0.1, 0.15) is 39.2 Å². The minimum atomic E-state index is -3.45. The molecule has 2 saturated heterocycles. The van der Waals surface area contributed by atoms with Crippen LogP contribution in [-0.4, -0.2) is 105 Å². The quantitative estimate of drug-likeness (QED) is 0.308. The third kappa shape index (κ3) is 8.08. The summed E-state index contributed by atoms with van der Waals surface area (Å²) in [5.74, 6) is 1.30. The molecule has 264 valence electrons. The molecule has 13 nitrogen and oxygen atoms in total. The number of amides is 1. The number of aromatic nitrogens is 2. The van der Waals surface area contributed by atoms with E-state index in [2.05, 4.69) is 36.5 Å². The van der Waals surface area contributed by atoms with Gasteiger partial charge in [0.1, 0.15) is 16.4 Å². The van der Waals surface area contributed by atoms with Gasteiger partial charge < -0.3 is 29.9 Å². The van der Waals surface area contributed by atoms with E-state index in [0.717, 1.165) is 50.3 Å². The first-order chi connectivity index (χ1) is 23.3. The minimum Gasteiger partial charge on any atom is -0.494 e. The van der Waals surface area contributed by atoms with Crippen LogP contribution in [0.25, 0.3) is 0 Å². The van der Waals surface area contributed by atoms with Crippen LogP contribution in [0.5, 0.6) is 5.75 Å². The molecule has 0 unspecified atom stereocenters. The number of methoxy groups -OCH3 is 1. The highest BCUT2D eigenvalue weighted by Gasteiger charge is 2.32. The number of halogens is 1. The first kappa shape index (κ1) is 34.8. The summed E-state index contributed by atoms with van der Waals surface area (Å²) in [6.45, 7) is 11.0. The Morgan fingerprint density at radius 2 is 1.71 bits per heavy atom. The Balaban J connectivity index is 1.08. The summed E-state index contributed by atoms with van der Waals surface area (Å²) in [6.07, 6.45) is 5.18. The molecule has 3 aliphatic heterocycles. The average Bonchev–Trinajstić information content (AvgIpc) is 3.52. The summed E-state index contributed by atoms with van der Waals surface area (Å²) >= 11 is 6.49. The molecule has 0 bridgehead atoms. The summed E-state index contributed by atoms with van der Waals surface area (Å²) in [4.78, 5) is 28.2. The van der Waals surface area contributed by atoms with Gasteiger partial charge in [0.2, 0.25) is 16.0 Å². The van der Waals surface area contributed by atoms with E-state index in [-0.39, 0.29) is 6.09 Å². The van der Waals surface area contributed by atoms with E-state index < -0.39 is 15.6 Å². The topological polar surface area (TPSA) is 132 Å². The van der Waals surface area contributed by atoms with Crippen molar-refractivity contribution < 1.29 is 22.7 Å². The van der Waals surface area contributed by atoms with Crippen LogP contribution in [0.3, 0.4) is 0 Å². The van der Waals surface area contributed by atoms with Crippen LogP contribution in [0.4, 0.5) is 39.3 Å². The number of hydrogen-bond donors (Lipinski definition) is 2. The zero-order valence-electron chi connectivity index (χ0n) is 28.7. The highest BCUT2D eigenvalue weighted by atomic mass is 35.5. The van der Waals surface area contributed by atoms with Gasteiger partial charge in [-0.05, 0) is 63.8 Å². The van der Waals surface area contributed by atoms with Crippen LogP contribution >= 0.6 is 11.6 Å². The molecule has 3 aliphatic rings. The molecule has 2 aromatic carbocycles. The van der Waals surface area contributed by atoms with Crippen molar-refractivity contribution in [1.82, 2.24) is 19.8 Å². The second-order valence-corrected chi connectivity index (χ2v) is 16.0. The number of sulfonamides is 1. The number of hydrogen-bond acceptors (Lipinski definition) is 11. The number of anilines is 6. The SMILES string of the molecule is COc1cc(N2CCC(N3CCN(C(=O)OC(C)(C)C)CC3)CC2)ccc1Nc1ncc(Cl)c(Nc2cccc3c2N(S(C)(=O)=O)CC3)n1. The van der Waals surface area contributed by atoms with Crippen LogP contribution in [-0.2, 0) is 21.2 Å². The van der Waals surface area contributed by atoms with Gasteiger partial charge in [-0.1, -0.05) is 23.7 Å². The standard InChI is InChI=1S/C34H45ClN8O5S/c1-34(2,3)48-33(44)42-19-17-41(18-20-42)24-12-14-40(15-13-24)25-9-10-27(29(21-25)47-4)38-32-36-22-26(35)31(39-32)37-28-8-6-7-23-11-16-43(30(23)28)49(5,45)46/h6-10,21-22,24H,11-20H2,1-5H3,(H2,36,37,38,39). The van der Waals surface area contributed by atoms with E-state index in [0.29, 0.717) is 71.7 Å². The first-order valence-corrected chi connectivity index (χ1v) is 18.8. The fourth-order valence-electron chi connectivity index (χ4n) is 6.68. The number of nitrogens with one attached hydrogen (secondary N) is 2. The van der Waals surface area contributed by atoms with Gasteiger partial charge >= 0.3 is 6.09 Å². The number of piperidine rings is 1. The Hall–Kier alpha value is -4.01. The lowest BCUT2D eigenvalue weighted by molar-refractivity contribution is 0.00901. The zero-order chi connectivity index (χ0) is 34.9. The molecule has 0 spiro atoms. The minimum absolute atomic E-state index is 0.230. The molecule has 0 atom stereocenters. The molecule has 2 N–H and O–H groups in total. The highest BCUT2D eigenvalue weighted by molar-refractivity contribution is 7.92. The number of ether oxygens (including phenoxy) is 2. The zero-order valence-corrected chi connectivity index (χ0v) is 30.3. The number of benzene rings is 2. The summed E-state index contributed by atoms with van der Waals surface area (Å²) in [6, 6.07) is 12.1. The molecule has 0 saturated carbocycles.